The Hall–Kier alpha value is -0.990. The molecule has 0 aromatic carbocycles. The molecule has 0 heterocycles. The van der Waals surface area contributed by atoms with E-state index in [1.165, 1.54) is 6.08 Å². The van der Waals surface area contributed by atoms with Crippen LogP contribution in [0.15, 0.2) is 17.9 Å². The van der Waals surface area contributed by atoms with Crippen LogP contribution in [-0.4, -0.2) is 0 Å². The first-order valence-electron chi connectivity index (χ1n) is 4.26. The topological polar surface area (TPSA) is 23.8 Å². The van der Waals surface area contributed by atoms with Gasteiger partial charge in [0.2, 0.25) is 0 Å². The van der Waals surface area contributed by atoms with Gasteiger partial charge < -0.3 is 0 Å². The average molecular weight is 163 g/mol. The number of hydrogen-bond acceptors (Lipinski definition) is 1. The lowest BCUT2D eigenvalue weighted by molar-refractivity contribution is 0.337. The summed E-state index contributed by atoms with van der Waals surface area (Å²) < 4.78 is 0. The second-order valence-electron chi connectivity index (χ2n) is 4.35. The van der Waals surface area contributed by atoms with Gasteiger partial charge in [-0.2, -0.15) is 5.26 Å². The molecule has 0 aromatic heterocycles. The molecule has 0 aromatic rings. The van der Waals surface area contributed by atoms with Crippen LogP contribution in [0, 0.1) is 22.7 Å². The van der Waals surface area contributed by atoms with Crippen LogP contribution in [0.5, 0.6) is 0 Å². The number of allylic oxidation sites excluding steroid dienone is 1. The van der Waals surface area contributed by atoms with Gasteiger partial charge in [0.05, 0.1) is 12.1 Å². The van der Waals surface area contributed by atoms with Crippen LogP contribution in [0.25, 0.3) is 0 Å². The highest BCUT2D eigenvalue weighted by Crippen LogP contribution is 2.24. The summed E-state index contributed by atoms with van der Waals surface area (Å²) in [4.78, 5) is 0. The molecule has 66 valence electrons. The van der Waals surface area contributed by atoms with Gasteiger partial charge >= 0.3 is 0 Å². The molecule has 12 heavy (non-hydrogen) atoms. The zero-order chi connectivity index (χ0) is 9.61. The van der Waals surface area contributed by atoms with E-state index in [0.29, 0.717) is 11.3 Å². The molecule has 0 amide bonds. The Morgan fingerprint density at radius 1 is 1.42 bits per heavy atom. The minimum Gasteiger partial charge on any atom is -0.192 e. The first-order chi connectivity index (χ1) is 5.45. The zero-order valence-electron chi connectivity index (χ0n) is 8.39. The molecule has 1 heteroatoms. The molecule has 0 bridgehead atoms. The predicted octanol–water partition coefficient (Wildman–Crippen LogP) is 3.29. The molecule has 0 aliphatic heterocycles. The molecule has 0 saturated carbocycles. The van der Waals surface area contributed by atoms with Crippen LogP contribution in [0.4, 0.5) is 0 Å². The molecule has 1 atom stereocenters. The second kappa shape index (κ2) is 4.80. The van der Waals surface area contributed by atoms with Crippen molar-refractivity contribution in [2.24, 2.45) is 11.3 Å². The molecule has 0 aliphatic carbocycles. The van der Waals surface area contributed by atoms with Crippen LogP contribution >= 0.6 is 0 Å². The average Bonchev–Trinajstić information content (AvgIpc) is 1.84. The molecule has 1 nitrogen and oxygen atoms in total. The van der Waals surface area contributed by atoms with Gasteiger partial charge in [0.15, 0.2) is 0 Å². The highest BCUT2D eigenvalue weighted by atomic mass is 14.2. The quantitative estimate of drug-likeness (QED) is 0.452. The molecule has 0 rings (SSSR count). The smallest absolute Gasteiger partial charge is 0.0996 e. The summed E-state index contributed by atoms with van der Waals surface area (Å²) in [5.41, 5.74) is 3.20. The van der Waals surface area contributed by atoms with Crippen LogP contribution < -0.4 is 0 Å². The van der Waals surface area contributed by atoms with Crippen LogP contribution in [-0.2, 0) is 0 Å². The predicted molar refractivity (Wildman–Crippen MR) is 51.5 cm³/mol. The molecule has 0 aliphatic rings. The van der Waals surface area contributed by atoms with Crippen molar-refractivity contribution in [1.82, 2.24) is 0 Å². The Bertz CT molecular complexity index is 218. The molecular formula is C11H17N. The summed E-state index contributed by atoms with van der Waals surface area (Å²) in [6.45, 7) is 8.78. The highest BCUT2D eigenvalue weighted by molar-refractivity contribution is 5.02. The summed E-state index contributed by atoms with van der Waals surface area (Å²) in [7, 11) is 0. The summed E-state index contributed by atoms with van der Waals surface area (Å²) in [5, 5.41) is 8.22. The van der Waals surface area contributed by atoms with Crippen molar-refractivity contribution in [2.45, 2.75) is 34.1 Å². The third kappa shape index (κ3) is 7.12. The largest absolute Gasteiger partial charge is 0.192 e. The summed E-state index contributed by atoms with van der Waals surface area (Å²) >= 11 is 0. The van der Waals surface area contributed by atoms with Gasteiger partial charge in [-0.25, -0.2) is 0 Å². The molecule has 0 fully saturated rings. The van der Waals surface area contributed by atoms with Crippen LogP contribution in [0.3, 0.4) is 0 Å². The van der Waals surface area contributed by atoms with E-state index >= 15 is 0 Å². The minimum atomic E-state index is 0.351. The van der Waals surface area contributed by atoms with Crippen molar-refractivity contribution >= 4 is 0 Å². The summed E-state index contributed by atoms with van der Waals surface area (Å²) in [6, 6.07) is 1.92. The standard InChI is InChI=1S/C11H17N/c1-10(7-5-6-8-12)9-11(2,3)4/h6-7,10H,9H2,1-4H3. The van der Waals surface area contributed by atoms with Gasteiger partial charge in [-0.15, -0.1) is 5.73 Å². The zero-order valence-corrected chi connectivity index (χ0v) is 8.39. The van der Waals surface area contributed by atoms with Gasteiger partial charge in [-0.1, -0.05) is 27.7 Å². The first-order valence-corrected chi connectivity index (χ1v) is 4.26. The highest BCUT2D eigenvalue weighted by Gasteiger charge is 2.12. The fourth-order valence-corrected chi connectivity index (χ4v) is 1.27. The van der Waals surface area contributed by atoms with E-state index in [2.05, 4.69) is 33.4 Å². The third-order valence-electron chi connectivity index (χ3n) is 1.46. The van der Waals surface area contributed by atoms with Crippen molar-refractivity contribution in [1.29, 1.82) is 5.26 Å². The van der Waals surface area contributed by atoms with Gasteiger partial charge in [0.25, 0.3) is 0 Å². The van der Waals surface area contributed by atoms with Crippen LogP contribution in [0.1, 0.15) is 34.1 Å². The van der Waals surface area contributed by atoms with Crippen molar-refractivity contribution < 1.29 is 0 Å². The number of nitriles is 1. The van der Waals surface area contributed by atoms with Crippen molar-refractivity contribution in [2.75, 3.05) is 0 Å². The van der Waals surface area contributed by atoms with E-state index in [-0.39, 0.29) is 0 Å². The number of rotatable bonds is 2. The monoisotopic (exact) mass is 163 g/mol. The summed E-state index contributed by atoms with van der Waals surface area (Å²) in [5.74, 6) is 0.495. The Kier molecular flexibility index (Phi) is 4.40. The van der Waals surface area contributed by atoms with Gasteiger partial charge in [-0.3, -0.25) is 0 Å². The van der Waals surface area contributed by atoms with E-state index in [9.17, 15) is 0 Å². The molecule has 0 spiro atoms. The fraction of sp³-hybridized carbons (Fsp3) is 0.636. The van der Waals surface area contributed by atoms with E-state index in [1.54, 1.807) is 0 Å². The number of nitrogens with zero attached hydrogens (tertiary/aromatic N) is 1. The van der Waals surface area contributed by atoms with Crippen LogP contribution in [0.2, 0.25) is 0 Å². The van der Waals surface area contributed by atoms with Crippen molar-refractivity contribution in [3.05, 3.63) is 17.9 Å². The van der Waals surface area contributed by atoms with E-state index in [1.807, 2.05) is 12.1 Å². The van der Waals surface area contributed by atoms with Gasteiger partial charge in [0, 0.05) is 0 Å². The lowest BCUT2D eigenvalue weighted by atomic mass is 9.85. The number of hydrogen-bond donors (Lipinski definition) is 0. The lowest BCUT2D eigenvalue weighted by Crippen LogP contribution is -2.08. The lowest BCUT2D eigenvalue weighted by Gasteiger charge is -2.20. The van der Waals surface area contributed by atoms with Gasteiger partial charge in [-0.05, 0) is 23.8 Å². The van der Waals surface area contributed by atoms with Crippen molar-refractivity contribution in [3.63, 3.8) is 0 Å². The first kappa shape index (κ1) is 11.0. The Morgan fingerprint density at radius 2 is 2.00 bits per heavy atom. The maximum atomic E-state index is 8.22. The molecule has 0 saturated heterocycles. The maximum absolute atomic E-state index is 8.22. The normalized spacial score (nSPS) is 12.6. The fourth-order valence-electron chi connectivity index (χ4n) is 1.27. The summed E-state index contributed by atoms with van der Waals surface area (Å²) in [6.07, 6.45) is 4.47. The van der Waals surface area contributed by atoms with Gasteiger partial charge in [0.1, 0.15) is 0 Å². The second-order valence-corrected chi connectivity index (χ2v) is 4.35. The SMILES string of the molecule is CC(C=C=CC#N)CC(C)(C)C. The van der Waals surface area contributed by atoms with E-state index in [0.717, 1.165) is 6.42 Å². The Balaban J connectivity index is 4.00. The maximum Gasteiger partial charge on any atom is 0.0996 e. The minimum absolute atomic E-state index is 0.351. The van der Waals surface area contributed by atoms with E-state index < -0.39 is 0 Å². The third-order valence-corrected chi connectivity index (χ3v) is 1.46. The Labute approximate surface area is 75.4 Å². The molecule has 0 radical (unpaired) electrons. The molecular weight excluding hydrogens is 146 g/mol. The van der Waals surface area contributed by atoms with E-state index in [4.69, 9.17) is 5.26 Å². The Morgan fingerprint density at radius 3 is 2.42 bits per heavy atom. The molecule has 0 N–H and O–H groups in total. The molecule has 1 unspecified atom stereocenters. The van der Waals surface area contributed by atoms with Crippen molar-refractivity contribution in [3.8, 4) is 6.07 Å².